The average molecular weight is 438 g/mol. The highest BCUT2D eigenvalue weighted by atomic mass is 35.5. The summed E-state index contributed by atoms with van der Waals surface area (Å²) in [6, 6.07) is 12.0. The number of hydrogen-bond acceptors (Lipinski definition) is 5. The minimum Gasteiger partial charge on any atom is -0.495 e. The van der Waals surface area contributed by atoms with Crippen molar-refractivity contribution in [2.24, 2.45) is 4.99 Å². The summed E-state index contributed by atoms with van der Waals surface area (Å²) >= 11 is 13.4. The minimum atomic E-state index is -0.618. The number of thioether (sulfide) groups is 1. The fourth-order valence-corrected chi connectivity index (χ4v) is 4.01. The molecule has 2 amide bonds. The molecule has 146 valence electrons. The van der Waals surface area contributed by atoms with E-state index < -0.39 is 5.25 Å². The van der Waals surface area contributed by atoms with Crippen molar-refractivity contribution in [3.63, 3.8) is 0 Å². The summed E-state index contributed by atoms with van der Waals surface area (Å²) in [6.07, 6.45) is 0.0693. The van der Waals surface area contributed by atoms with E-state index in [1.807, 2.05) is 0 Å². The van der Waals surface area contributed by atoms with Crippen molar-refractivity contribution in [2.75, 3.05) is 19.5 Å². The van der Waals surface area contributed by atoms with Crippen LogP contribution in [0.4, 0.5) is 11.4 Å². The summed E-state index contributed by atoms with van der Waals surface area (Å²) < 4.78 is 5.13. The van der Waals surface area contributed by atoms with E-state index in [4.69, 9.17) is 27.9 Å². The van der Waals surface area contributed by atoms with E-state index in [0.717, 1.165) is 0 Å². The maximum atomic E-state index is 12.7. The Morgan fingerprint density at radius 2 is 2.00 bits per heavy atom. The molecule has 0 aromatic heterocycles. The van der Waals surface area contributed by atoms with Gasteiger partial charge in [0.1, 0.15) is 11.0 Å². The molecule has 2 aromatic carbocycles. The first-order valence-corrected chi connectivity index (χ1v) is 9.93. The van der Waals surface area contributed by atoms with Crippen molar-refractivity contribution in [3.8, 4) is 5.75 Å². The number of rotatable bonds is 4. The Kier molecular flexibility index (Phi) is 6.49. The van der Waals surface area contributed by atoms with E-state index in [1.54, 1.807) is 49.5 Å². The number of carbonyl (C=O) groups is 2. The molecular formula is C19H17Cl2N3O3S. The lowest BCUT2D eigenvalue weighted by atomic mass is 10.2. The Labute approximate surface area is 176 Å². The average Bonchev–Trinajstić information content (AvgIpc) is 2.67. The van der Waals surface area contributed by atoms with Crippen LogP contribution in [-0.2, 0) is 9.59 Å². The first kappa shape index (κ1) is 20.5. The molecule has 2 aromatic rings. The highest BCUT2D eigenvalue weighted by Gasteiger charge is 2.34. The first-order chi connectivity index (χ1) is 13.4. The summed E-state index contributed by atoms with van der Waals surface area (Å²) in [4.78, 5) is 30.9. The number of halogens is 2. The van der Waals surface area contributed by atoms with Crippen molar-refractivity contribution < 1.29 is 14.3 Å². The van der Waals surface area contributed by atoms with Crippen LogP contribution in [0, 0.1) is 0 Å². The first-order valence-electron chi connectivity index (χ1n) is 8.30. The molecule has 1 saturated heterocycles. The molecule has 1 aliphatic rings. The second-order valence-electron chi connectivity index (χ2n) is 5.95. The quantitative estimate of drug-likeness (QED) is 0.758. The summed E-state index contributed by atoms with van der Waals surface area (Å²) in [5, 5.41) is 3.41. The lowest BCUT2D eigenvalue weighted by Crippen LogP contribution is -2.43. The van der Waals surface area contributed by atoms with Gasteiger partial charge in [0.2, 0.25) is 11.8 Å². The van der Waals surface area contributed by atoms with E-state index in [-0.39, 0.29) is 18.2 Å². The third-order valence-electron chi connectivity index (χ3n) is 4.05. The maximum absolute atomic E-state index is 12.7. The topological polar surface area (TPSA) is 71.0 Å². The molecule has 1 N–H and O–H groups in total. The van der Waals surface area contributed by atoms with Crippen molar-refractivity contribution in [1.29, 1.82) is 0 Å². The zero-order valence-electron chi connectivity index (χ0n) is 15.1. The molecule has 0 bridgehead atoms. The largest absolute Gasteiger partial charge is 0.495 e. The second kappa shape index (κ2) is 8.86. The molecule has 28 heavy (non-hydrogen) atoms. The van der Waals surface area contributed by atoms with E-state index in [1.165, 1.54) is 23.8 Å². The Bertz CT molecular complexity index is 952. The molecule has 9 heteroatoms. The van der Waals surface area contributed by atoms with Gasteiger partial charge in [-0.05, 0) is 30.3 Å². The smallest absolute Gasteiger partial charge is 0.238 e. The third-order valence-corrected chi connectivity index (χ3v) is 5.92. The van der Waals surface area contributed by atoms with Gasteiger partial charge in [-0.25, -0.2) is 4.99 Å². The molecule has 0 aliphatic carbocycles. The molecule has 1 fully saturated rings. The molecule has 0 spiro atoms. The summed E-state index contributed by atoms with van der Waals surface area (Å²) in [7, 11) is 3.15. The Morgan fingerprint density at radius 1 is 1.25 bits per heavy atom. The van der Waals surface area contributed by atoms with E-state index in [2.05, 4.69) is 10.3 Å². The number of methoxy groups -OCH3 is 1. The fourth-order valence-electron chi connectivity index (χ4n) is 2.51. The molecule has 3 rings (SSSR count). The zero-order chi connectivity index (χ0) is 20.3. The van der Waals surface area contributed by atoms with E-state index >= 15 is 0 Å². The van der Waals surface area contributed by atoms with Crippen molar-refractivity contribution in [2.45, 2.75) is 11.7 Å². The number of nitrogens with one attached hydrogen (secondary N) is 1. The van der Waals surface area contributed by atoms with Crippen molar-refractivity contribution in [1.82, 2.24) is 4.90 Å². The number of amidine groups is 1. The highest BCUT2D eigenvalue weighted by molar-refractivity contribution is 8.15. The maximum Gasteiger partial charge on any atom is 0.238 e. The fraction of sp³-hybridized carbons (Fsp3) is 0.211. The number of para-hydroxylation sites is 1. The lowest BCUT2D eigenvalue weighted by Gasteiger charge is -2.29. The van der Waals surface area contributed by atoms with Crippen LogP contribution in [0.25, 0.3) is 0 Å². The lowest BCUT2D eigenvalue weighted by molar-refractivity contribution is -0.128. The van der Waals surface area contributed by atoms with E-state index in [0.29, 0.717) is 32.3 Å². The third kappa shape index (κ3) is 4.60. The van der Waals surface area contributed by atoms with Crippen LogP contribution in [-0.4, -0.2) is 41.3 Å². The van der Waals surface area contributed by atoms with Gasteiger partial charge in [0.05, 0.1) is 28.5 Å². The zero-order valence-corrected chi connectivity index (χ0v) is 17.4. The molecule has 1 aliphatic heterocycles. The predicted octanol–water partition coefficient (Wildman–Crippen LogP) is 4.59. The van der Waals surface area contributed by atoms with Gasteiger partial charge >= 0.3 is 0 Å². The molecule has 1 heterocycles. The normalized spacial score (nSPS) is 18.3. The van der Waals surface area contributed by atoms with E-state index in [9.17, 15) is 9.59 Å². The number of nitrogens with zero attached hydrogens (tertiary/aromatic N) is 2. The van der Waals surface area contributed by atoms with Crippen LogP contribution in [0.5, 0.6) is 5.75 Å². The van der Waals surface area contributed by atoms with Crippen LogP contribution in [0.2, 0.25) is 10.0 Å². The summed E-state index contributed by atoms with van der Waals surface area (Å²) in [5.74, 6) is 0.0276. The standard InChI is InChI=1S/C19H17Cl2N3O3S/c1-24-17(25)10-16(18(26)23-14-6-4-3-5-12(14)20)28-19(24)22-11-7-8-15(27-2)13(21)9-11/h3-9,16H,10H2,1-2H3,(H,23,26). The molecule has 0 saturated carbocycles. The van der Waals surface area contributed by atoms with Gasteiger partial charge in [0.25, 0.3) is 0 Å². The molecule has 0 radical (unpaired) electrons. The van der Waals surface area contributed by atoms with Gasteiger partial charge in [0.15, 0.2) is 5.17 Å². The van der Waals surface area contributed by atoms with Gasteiger partial charge in [-0.15, -0.1) is 0 Å². The van der Waals surface area contributed by atoms with Crippen LogP contribution < -0.4 is 10.1 Å². The second-order valence-corrected chi connectivity index (χ2v) is 7.93. The Hall–Kier alpha value is -2.22. The monoisotopic (exact) mass is 437 g/mol. The SMILES string of the molecule is COc1ccc(N=C2SC(C(=O)Nc3ccccc3Cl)CC(=O)N2C)cc1Cl. The number of amides is 2. The van der Waals surface area contributed by atoms with Gasteiger partial charge in [-0.1, -0.05) is 47.1 Å². The number of ether oxygens (including phenoxy) is 1. The van der Waals surface area contributed by atoms with Gasteiger partial charge in [-0.2, -0.15) is 0 Å². The van der Waals surface area contributed by atoms with Crippen LogP contribution in [0.15, 0.2) is 47.5 Å². The number of benzene rings is 2. The number of aliphatic imine (C=N–C) groups is 1. The van der Waals surface area contributed by atoms with Crippen LogP contribution in [0.1, 0.15) is 6.42 Å². The van der Waals surface area contributed by atoms with Gasteiger partial charge in [-0.3, -0.25) is 14.5 Å². The highest BCUT2D eigenvalue weighted by Crippen LogP contribution is 2.32. The van der Waals surface area contributed by atoms with Gasteiger partial charge < -0.3 is 10.1 Å². The molecule has 1 unspecified atom stereocenters. The minimum absolute atomic E-state index is 0.0693. The number of anilines is 1. The summed E-state index contributed by atoms with van der Waals surface area (Å²) in [5.41, 5.74) is 1.06. The molecule has 6 nitrogen and oxygen atoms in total. The Morgan fingerprint density at radius 3 is 2.68 bits per heavy atom. The number of carbonyl (C=O) groups excluding carboxylic acids is 2. The van der Waals surface area contributed by atoms with Crippen LogP contribution >= 0.6 is 35.0 Å². The number of hydrogen-bond donors (Lipinski definition) is 1. The Balaban J connectivity index is 1.81. The summed E-state index contributed by atoms with van der Waals surface area (Å²) in [6.45, 7) is 0. The molecular weight excluding hydrogens is 421 g/mol. The van der Waals surface area contributed by atoms with Crippen molar-refractivity contribution >= 4 is 63.3 Å². The van der Waals surface area contributed by atoms with Crippen LogP contribution in [0.3, 0.4) is 0 Å². The predicted molar refractivity (Wildman–Crippen MR) is 114 cm³/mol. The van der Waals surface area contributed by atoms with Crippen molar-refractivity contribution in [3.05, 3.63) is 52.5 Å². The van der Waals surface area contributed by atoms with Gasteiger partial charge in [0, 0.05) is 13.5 Å². The molecule has 1 atom stereocenters.